The van der Waals surface area contributed by atoms with E-state index in [9.17, 15) is 8.78 Å². The first kappa shape index (κ1) is 9.84. The Kier molecular flexibility index (Phi) is 2.77. The van der Waals surface area contributed by atoms with Crippen molar-refractivity contribution in [3.8, 4) is 0 Å². The van der Waals surface area contributed by atoms with Crippen LogP contribution in [0, 0.1) is 23.8 Å². The molecule has 0 aromatic heterocycles. The summed E-state index contributed by atoms with van der Waals surface area (Å²) in [5.74, 6) is -0.742. The van der Waals surface area contributed by atoms with Crippen molar-refractivity contribution >= 4 is 0 Å². The zero-order valence-corrected chi connectivity index (χ0v) is 7.93. The van der Waals surface area contributed by atoms with E-state index in [4.69, 9.17) is 0 Å². The van der Waals surface area contributed by atoms with Crippen molar-refractivity contribution in [1.82, 2.24) is 0 Å². The van der Waals surface area contributed by atoms with E-state index in [1.807, 2.05) is 0 Å². The first-order valence-corrected chi connectivity index (χ1v) is 4.56. The highest BCUT2D eigenvalue weighted by Crippen LogP contribution is 2.10. The van der Waals surface area contributed by atoms with Crippen LogP contribution in [0.3, 0.4) is 0 Å². The molecule has 2 radical (unpaired) electrons. The minimum Gasteiger partial charge on any atom is -0.206 e. The van der Waals surface area contributed by atoms with E-state index in [-0.39, 0.29) is 11.6 Å². The third-order valence-electron chi connectivity index (χ3n) is 2.09. The molecule has 0 spiro atoms. The highest BCUT2D eigenvalue weighted by atomic mass is 19.1. The van der Waals surface area contributed by atoms with E-state index in [1.165, 1.54) is 12.1 Å². The Bertz CT molecular complexity index is 386. The average Bonchev–Trinajstić information content (AvgIpc) is 2.25. The summed E-state index contributed by atoms with van der Waals surface area (Å²) in [6.45, 7) is 0. The summed E-state index contributed by atoms with van der Waals surface area (Å²) < 4.78 is 25.1. The molecule has 2 rings (SSSR count). The van der Waals surface area contributed by atoms with Gasteiger partial charge in [-0.1, -0.05) is 12.1 Å². The van der Waals surface area contributed by atoms with Crippen LogP contribution in [0.4, 0.5) is 8.78 Å². The van der Waals surface area contributed by atoms with Gasteiger partial charge in [0.05, 0.1) is 0 Å². The van der Waals surface area contributed by atoms with E-state index in [0.29, 0.717) is 6.42 Å². The molecule has 2 heteroatoms. The van der Waals surface area contributed by atoms with Crippen molar-refractivity contribution in [2.24, 2.45) is 0 Å². The fraction of sp³-hybridized carbons (Fsp3) is 0.0769. The molecular weight excluding hydrogens is 194 g/mol. The van der Waals surface area contributed by atoms with Crippen LogP contribution in [-0.4, -0.2) is 0 Å². The molecule has 0 heterocycles. The standard InChI is InChI=1S/C13H8F2/c14-12-5-1-10(2-6-12)9-11-3-7-13(15)8-4-11/h1-5,7H,9H2. The summed E-state index contributed by atoms with van der Waals surface area (Å²) in [4.78, 5) is 0. The summed E-state index contributed by atoms with van der Waals surface area (Å²) >= 11 is 0. The molecule has 0 unspecified atom stereocenters. The molecule has 2 aromatic carbocycles. The average molecular weight is 202 g/mol. The lowest BCUT2D eigenvalue weighted by atomic mass is 10.1. The molecule has 0 fully saturated rings. The number of hydrogen-bond acceptors (Lipinski definition) is 0. The monoisotopic (exact) mass is 202 g/mol. The summed E-state index contributed by atoms with van der Waals surface area (Å²) in [7, 11) is 0. The summed E-state index contributed by atoms with van der Waals surface area (Å²) in [5.41, 5.74) is 1.88. The molecule has 2 aromatic rings. The van der Waals surface area contributed by atoms with E-state index >= 15 is 0 Å². The first-order valence-electron chi connectivity index (χ1n) is 4.56. The smallest absolute Gasteiger partial charge is 0.131 e. The van der Waals surface area contributed by atoms with Gasteiger partial charge in [0.25, 0.3) is 0 Å². The first-order chi connectivity index (χ1) is 7.24. The van der Waals surface area contributed by atoms with Gasteiger partial charge in [-0.3, -0.25) is 0 Å². The molecule has 74 valence electrons. The topological polar surface area (TPSA) is 0 Å². The van der Waals surface area contributed by atoms with Gasteiger partial charge in [-0.25, -0.2) is 8.78 Å². The van der Waals surface area contributed by atoms with Crippen LogP contribution in [0.25, 0.3) is 0 Å². The third kappa shape index (κ3) is 2.62. The van der Waals surface area contributed by atoms with Crippen molar-refractivity contribution in [3.63, 3.8) is 0 Å². The number of benzene rings is 2. The van der Waals surface area contributed by atoms with Gasteiger partial charge in [0.1, 0.15) is 11.6 Å². The lowest BCUT2D eigenvalue weighted by Crippen LogP contribution is -1.88. The zero-order chi connectivity index (χ0) is 10.7. The molecule has 15 heavy (non-hydrogen) atoms. The summed E-state index contributed by atoms with van der Waals surface area (Å²) in [6, 6.07) is 14.3. The SMILES string of the molecule is Fc1[c]cc(Cc2c[c]c(F)cc2)cc1. The maximum Gasteiger partial charge on any atom is 0.131 e. The van der Waals surface area contributed by atoms with Gasteiger partial charge < -0.3 is 0 Å². The second kappa shape index (κ2) is 4.22. The quantitative estimate of drug-likeness (QED) is 0.701. The van der Waals surface area contributed by atoms with E-state index in [1.54, 1.807) is 24.3 Å². The van der Waals surface area contributed by atoms with Crippen LogP contribution in [0.2, 0.25) is 0 Å². The van der Waals surface area contributed by atoms with Crippen LogP contribution in [-0.2, 0) is 6.42 Å². The molecule has 0 saturated carbocycles. The normalized spacial score (nSPS) is 10.3. The fourth-order valence-electron chi connectivity index (χ4n) is 1.33. The van der Waals surface area contributed by atoms with Crippen LogP contribution in [0.15, 0.2) is 36.4 Å². The Morgan fingerprint density at radius 1 is 0.800 bits per heavy atom. The predicted molar refractivity (Wildman–Crippen MR) is 53.3 cm³/mol. The maximum atomic E-state index is 12.6. The summed E-state index contributed by atoms with van der Waals surface area (Å²) in [6.07, 6.45) is 0.632. The Hall–Kier alpha value is -1.70. The van der Waals surface area contributed by atoms with E-state index in [2.05, 4.69) is 12.1 Å². The van der Waals surface area contributed by atoms with Crippen molar-refractivity contribution in [2.45, 2.75) is 6.42 Å². The van der Waals surface area contributed by atoms with E-state index in [0.717, 1.165) is 11.1 Å². The summed E-state index contributed by atoms with van der Waals surface area (Å²) in [5, 5.41) is 0. The number of hydrogen-bond donors (Lipinski definition) is 0. The fourth-order valence-corrected chi connectivity index (χ4v) is 1.33. The van der Waals surface area contributed by atoms with Gasteiger partial charge in [-0.15, -0.1) is 0 Å². The Balaban J connectivity index is 2.15. The second-order valence-corrected chi connectivity index (χ2v) is 3.27. The van der Waals surface area contributed by atoms with Gasteiger partial charge in [0.2, 0.25) is 0 Å². The molecule has 0 aliphatic heterocycles. The lowest BCUT2D eigenvalue weighted by molar-refractivity contribution is 0.624. The molecule has 0 aliphatic carbocycles. The highest BCUT2D eigenvalue weighted by molar-refractivity contribution is 5.25. The van der Waals surface area contributed by atoms with Crippen molar-refractivity contribution in [2.75, 3.05) is 0 Å². The molecule has 0 bridgehead atoms. The van der Waals surface area contributed by atoms with Gasteiger partial charge in [0, 0.05) is 12.1 Å². The Morgan fingerprint density at radius 3 is 1.60 bits per heavy atom. The minimum atomic E-state index is -0.371. The number of halogens is 2. The van der Waals surface area contributed by atoms with Gasteiger partial charge in [-0.05, 0) is 41.8 Å². The van der Waals surface area contributed by atoms with Crippen molar-refractivity contribution in [1.29, 1.82) is 0 Å². The van der Waals surface area contributed by atoms with Crippen molar-refractivity contribution in [3.05, 3.63) is 71.3 Å². The van der Waals surface area contributed by atoms with Gasteiger partial charge in [-0.2, -0.15) is 0 Å². The Labute approximate surface area is 87.2 Å². The molecule has 0 N–H and O–H groups in total. The largest absolute Gasteiger partial charge is 0.206 e. The predicted octanol–water partition coefficient (Wildman–Crippen LogP) is 3.16. The van der Waals surface area contributed by atoms with Crippen LogP contribution < -0.4 is 0 Å². The molecule has 0 saturated heterocycles. The van der Waals surface area contributed by atoms with Gasteiger partial charge in [0.15, 0.2) is 0 Å². The molecule has 0 aliphatic rings. The van der Waals surface area contributed by atoms with Gasteiger partial charge >= 0.3 is 0 Å². The van der Waals surface area contributed by atoms with Crippen LogP contribution >= 0.6 is 0 Å². The minimum absolute atomic E-state index is 0.371. The Morgan fingerprint density at radius 2 is 1.27 bits per heavy atom. The molecule has 0 amide bonds. The number of rotatable bonds is 2. The van der Waals surface area contributed by atoms with Crippen LogP contribution in [0.1, 0.15) is 11.1 Å². The third-order valence-corrected chi connectivity index (χ3v) is 2.09. The van der Waals surface area contributed by atoms with E-state index < -0.39 is 0 Å². The molecule has 0 atom stereocenters. The zero-order valence-electron chi connectivity index (χ0n) is 7.93. The molecule has 0 nitrogen and oxygen atoms in total. The second-order valence-electron chi connectivity index (χ2n) is 3.27. The van der Waals surface area contributed by atoms with Crippen molar-refractivity contribution < 1.29 is 8.78 Å². The molecular formula is C13H8F2. The van der Waals surface area contributed by atoms with Crippen LogP contribution in [0.5, 0.6) is 0 Å². The maximum absolute atomic E-state index is 12.6. The highest BCUT2D eigenvalue weighted by Gasteiger charge is 1.97. The lowest BCUT2D eigenvalue weighted by Gasteiger charge is -2.01.